The van der Waals surface area contributed by atoms with Gasteiger partial charge in [0.1, 0.15) is 34.8 Å². The highest BCUT2D eigenvalue weighted by atomic mass is 32.2. The molecule has 3 aromatic heterocycles. The minimum absolute atomic E-state index is 0.0302. The van der Waals surface area contributed by atoms with Gasteiger partial charge in [-0.3, -0.25) is 19.3 Å². The van der Waals surface area contributed by atoms with Crippen molar-refractivity contribution in [2.45, 2.75) is 47.4 Å². The summed E-state index contributed by atoms with van der Waals surface area (Å²) in [4.78, 5) is 89.1. The smallest absolute Gasteiger partial charge is 0.352 e. The number of nitrogens with one attached hydrogen (secondary N) is 3. The third kappa shape index (κ3) is 10.2. The summed E-state index contributed by atoms with van der Waals surface area (Å²) in [6, 6.07) is -2.46. The van der Waals surface area contributed by atoms with Gasteiger partial charge < -0.3 is 47.3 Å². The standard InChI is InChI=1S/C31H37N13O9S5/c1-42(2)3-4-43-31(39-40-41-43)58-10-14-9-54-23(38-19(14)26(48)49)20(36-17(45)5-15-11-56-29(32)34-15)28(52)53-7-13-8-55-25-21(24(47)44(25)22(13)27(50)51)37-18(46)6-16-12-57-30(33)35-16/h11-12,20-21,23,25,38H,3-10H2,1-2H3,(H2,32,34)(H2,33,35)(H,36,45)(H,37,46)(H,48,49)(H,50,51)/t20-,21+,23+,25+/m0/s1. The third-order valence-electron chi connectivity index (χ3n) is 8.58. The second-order valence-electron chi connectivity index (χ2n) is 13.0. The highest BCUT2D eigenvalue weighted by molar-refractivity contribution is 8.01. The molecule has 3 aliphatic rings. The number of thiazole rings is 2. The summed E-state index contributed by atoms with van der Waals surface area (Å²) in [6.45, 7) is 0.627. The van der Waals surface area contributed by atoms with E-state index < -0.39 is 70.8 Å². The predicted octanol–water partition coefficient (Wildman–Crippen LogP) is -1.34. The number of tetrazole rings is 1. The zero-order chi connectivity index (χ0) is 41.7. The first kappa shape index (κ1) is 42.6. The number of hydrogen-bond acceptors (Lipinski definition) is 21. The van der Waals surface area contributed by atoms with Gasteiger partial charge in [-0.05, 0) is 30.1 Å². The van der Waals surface area contributed by atoms with E-state index in [0.717, 1.165) is 28.0 Å². The van der Waals surface area contributed by atoms with E-state index in [-0.39, 0.29) is 46.5 Å². The number of β-lactam (4-membered cyclic amide) rings is 1. The van der Waals surface area contributed by atoms with Gasteiger partial charge in [0.25, 0.3) is 5.91 Å². The Morgan fingerprint density at radius 3 is 2.31 bits per heavy atom. The summed E-state index contributed by atoms with van der Waals surface area (Å²) >= 11 is 5.86. The summed E-state index contributed by atoms with van der Waals surface area (Å²) in [5.74, 6) is -5.15. The van der Waals surface area contributed by atoms with E-state index in [2.05, 4.69) is 41.4 Å². The molecule has 0 spiro atoms. The number of amides is 3. The summed E-state index contributed by atoms with van der Waals surface area (Å²) in [7, 11) is 3.82. The van der Waals surface area contributed by atoms with Crippen LogP contribution in [0.25, 0.3) is 0 Å². The Morgan fingerprint density at radius 1 is 1.02 bits per heavy atom. The number of aromatic nitrogens is 6. The fourth-order valence-corrected chi connectivity index (χ4v) is 10.5. The zero-order valence-corrected chi connectivity index (χ0v) is 34.7. The van der Waals surface area contributed by atoms with Crippen molar-refractivity contribution in [3.63, 3.8) is 0 Å². The zero-order valence-electron chi connectivity index (χ0n) is 30.6. The number of carbonyl (C=O) groups excluding carboxylic acids is 4. The molecule has 22 nitrogen and oxygen atoms in total. The number of rotatable bonds is 18. The van der Waals surface area contributed by atoms with Crippen LogP contribution in [-0.2, 0) is 52.9 Å². The predicted molar refractivity (Wildman–Crippen MR) is 214 cm³/mol. The average Bonchev–Trinajstić information content (AvgIpc) is 3.93. The molecule has 0 aromatic carbocycles. The first-order chi connectivity index (χ1) is 27.7. The minimum atomic E-state index is -1.47. The van der Waals surface area contributed by atoms with Crippen LogP contribution in [0, 0.1) is 0 Å². The lowest BCUT2D eigenvalue weighted by Gasteiger charge is -2.49. The lowest BCUT2D eigenvalue weighted by Crippen LogP contribution is -2.70. The molecule has 9 N–H and O–H groups in total. The molecule has 1 saturated heterocycles. The molecule has 6 rings (SSSR count). The van der Waals surface area contributed by atoms with Crippen molar-refractivity contribution in [3.05, 3.63) is 44.7 Å². The molecule has 3 aromatic rings. The number of likely N-dealkylation sites (N-methyl/N-ethyl adjacent to an activating group) is 1. The fraction of sp³-hybridized carbons (Fsp3) is 0.452. The SMILES string of the molecule is CN(C)CCn1nnnc1SCC1=C(C(=O)O)N[C@@H]([C@H](NC(=O)Cc2csc(N)n2)C(=O)OCC2=C(C(=O)O)N3C(=O)[C@@H](NC(=O)Cc4csc(N)n4)[C@H]3SC2)SC1. The maximum Gasteiger partial charge on any atom is 0.352 e. The van der Waals surface area contributed by atoms with Crippen molar-refractivity contribution >= 4 is 104 Å². The van der Waals surface area contributed by atoms with Crippen molar-refractivity contribution in [3.8, 4) is 0 Å². The largest absolute Gasteiger partial charge is 0.477 e. The number of aliphatic carboxylic acids is 2. The summed E-state index contributed by atoms with van der Waals surface area (Å²) in [6.07, 6.45) is -0.371. The number of esters is 1. The number of carboxylic acids is 2. The highest BCUT2D eigenvalue weighted by Gasteiger charge is 2.54. The molecule has 0 bridgehead atoms. The van der Waals surface area contributed by atoms with Crippen LogP contribution in [-0.4, -0.2) is 153 Å². The number of fused-ring (bicyclic) bond motifs is 1. The molecule has 0 radical (unpaired) electrons. The Hall–Kier alpha value is -4.96. The monoisotopic (exact) mass is 895 g/mol. The number of nitrogens with zero attached hydrogens (tertiary/aromatic N) is 8. The molecule has 0 aliphatic carbocycles. The van der Waals surface area contributed by atoms with Crippen LogP contribution in [0.1, 0.15) is 11.4 Å². The van der Waals surface area contributed by atoms with Crippen molar-refractivity contribution < 1.29 is 43.7 Å². The van der Waals surface area contributed by atoms with Crippen LogP contribution in [0.5, 0.6) is 0 Å². The van der Waals surface area contributed by atoms with Gasteiger partial charge in [-0.2, -0.15) is 0 Å². The number of carboxylic acid groups (broad SMARTS) is 2. The van der Waals surface area contributed by atoms with Crippen LogP contribution < -0.4 is 27.4 Å². The van der Waals surface area contributed by atoms with Crippen LogP contribution in [0.15, 0.2) is 38.5 Å². The van der Waals surface area contributed by atoms with Crippen molar-refractivity contribution in [1.29, 1.82) is 0 Å². The van der Waals surface area contributed by atoms with Crippen LogP contribution >= 0.6 is 58.0 Å². The maximum atomic E-state index is 13.9. The first-order valence-electron chi connectivity index (χ1n) is 17.1. The van der Waals surface area contributed by atoms with E-state index in [1.165, 1.54) is 34.9 Å². The highest BCUT2D eigenvalue weighted by Crippen LogP contribution is 2.40. The van der Waals surface area contributed by atoms with Crippen LogP contribution in [0.4, 0.5) is 10.3 Å². The van der Waals surface area contributed by atoms with E-state index in [1.54, 1.807) is 15.4 Å². The number of nitrogens with two attached hydrogens (primary N) is 2. The van der Waals surface area contributed by atoms with E-state index in [0.29, 0.717) is 40.3 Å². The van der Waals surface area contributed by atoms with Gasteiger partial charge in [0.2, 0.25) is 17.0 Å². The number of carbonyl (C=O) groups is 6. The number of ether oxygens (including phenoxy) is 1. The number of hydrogen-bond donors (Lipinski definition) is 7. The first-order valence-corrected chi connectivity index (χ1v) is 21.9. The van der Waals surface area contributed by atoms with Gasteiger partial charge in [0.15, 0.2) is 16.3 Å². The van der Waals surface area contributed by atoms with Crippen molar-refractivity contribution in [1.82, 2.24) is 55.9 Å². The van der Waals surface area contributed by atoms with Gasteiger partial charge in [-0.15, -0.1) is 51.3 Å². The van der Waals surface area contributed by atoms with Gasteiger partial charge in [0.05, 0.1) is 30.8 Å². The van der Waals surface area contributed by atoms with Gasteiger partial charge in [0, 0.05) is 40.1 Å². The Bertz CT molecular complexity index is 2150. The van der Waals surface area contributed by atoms with Gasteiger partial charge >= 0.3 is 17.9 Å². The molecule has 27 heteroatoms. The quantitative estimate of drug-likeness (QED) is 0.0441. The normalized spacial score (nSPS) is 19.6. The molecule has 6 heterocycles. The van der Waals surface area contributed by atoms with E-state index >= 15 is 0 Å². The van der Waals surface area contributed by atoms with Crippen molar-refractivity contribution in [2.75, 3.05) is 56.0 Å². The number of anilines is 2. The molecule has 1 fully saturated rings. The fourth-order valence-electron chi connectivity index (χ4n) is 5.83. The summed E-state index contributed by atoms with van der Waals surface area (Å²) in [5, 5.41) is 42.7. The molecule has 310 valence electrons. The molecule has 58 heavy (non-hydrogen) atoms. The Balaban J connectivity index is 1.15. The lowest BCUT2D eigenvalue weighted by atomic mass is 10.0. The van der Waals surface area contributed by atoms with Crippen LogP contribution in [0.2, 0.25) is 0 Å². The van der Waals surface area contributed by atoms with Crippen LogP contribution in [0.3, 0.4) is 0 Å². The molecule has 3 aliphatic heterocycles. The second kappa shape index (κ2) is 18.7. The molecule has 4 atom stereocenters. The molecule has 0 saturated carbocycles. The third-order valence-corrected chi connectivity index (χ3v) is 13.7. The summed E-state index contributed by atoms with van der Waals surface area (Å²) in [5.41, 5.74) is 12.1. The Kier molecular flexibility index (Phi) is 13.8. The van der Waals surface area contributed by atoms with Crippen molar-refractivity contribution in [2.24, 2.45) is 0 Å². The van der Waals surface area contributed by atoms with E-state index in [4.69, 9.17) is 16.2 Å². The van der Waals surface area contributed by atoms with Gasteiger partial charge in [-0.25, -0.2) is 29.0 Å². The van der Waals surface area contributed by atoms with E-state index in [9.17, 15) is 39.0 Å². The second-order valence-corrected chi connectivity index (χ2v) is 18.0. The lowest BCUT2D eigenvalue weighted by molar-refractivity contribution is -0.151. The average molecular weight is 896 g/mol. The molecular weight excluding hydrogens is 859 g/mol. The number of thioether (sulfide) groups is 3. The van der Waals surface area contributed by atoms with Gasteiger partial charge in [-0.1, -0.05) is 11.8 Å². The maximum absolute atomic E-state index is 13.9. The molecule has 3 amide bonds. The number of nitrogen functional groups attached to an aromatic ring is 2. The summed E-state index contributed by atoms with van der Waals surface area (Å²) < 4.78 is 7.23. The Morgan fingerprint density at radius 2 is 1.69 bits per heavy atom. The Labute approximate surface area is 350 Å². The van der Waals surface area contributed by atoms with E-state index in [1.807, 2.05) is 19.0 Å². The molecule has 0 unspecified atom stereocenters. The topological polar surface area (TPSA) is 316 Å². The molecular formula is C31H37N13O9S5. The minimum Gasteiger partial charge on any atom is -0.477 e.